The quantitative estimate of drug-likeness (QED) is 0.211. The summed E-state index contributed by atoms with van der Waals surface area (Å²) in [5, 5.41) is 16.4. The number of benzene rings is 4. The first-order valence-electron chi connectivity index (χ1n) is 14.7. The zero-order chi connectivity index (χ0) is 30.0. The van der Waals surface area contributed by atoms with E-state index in [4.69, 9.17) is 24.7 Å². The summed E-state index contributed by atoms with van der Waals surface area (Å²) >= 11 is 0. The molecule has 0 spiro atoms. The number of carbonyl (C=O) groups is 1. The molecule has 43 heavy (non-hydrogen) atoms. The van der Waals surface area contributed by atoms with Crippen LogP contribution in [0.5, 0.6) is 0 Å². The van der Waals surface area contributed by atoms with Crippen LogP contribution in [0.4, 0.5) is 0 Å². The van der Waals surface area contributed by atoms with E-state index < -0.39 is 30.6 Å². The molecule has 8 heteroatoms. The van der Waals surface area contributed by atoms with Crippen molar-refractivity contribution in [3.05, 3.63) is 108 Å². The first-order valence-corrected chi connectivity index (χ1v) is 14.7. The van der Waals surface area contributed by atoms with Crippen LogP contribution < -0.4 is 11.1 Å². The fraction of sp³-hybridized carbons (Fsp3) is 0.343. The highest BCUT2D eigenvalue weighted by molar-refractivity contribution is 5.83. The molecule has 0 aliphatic carbocycles. The average molecular weight is 585 g/mol. The van der Waals surface area contributed by atoms with Gasteiger partial charge in [0.25, 0.3) is 0 Å². The first-order chi connectivity index (χ1) is 21.1. The van der Waals surface area contributed by atoms with Gasteiger partial charge in [-0.1, -0.05) is 91.0 Å². The number of rotatable bonds is 13. The molecule has 5 rings (SSSR count). The van der Waals surface area contributed by atoms with Gasteiger partial charge in [0.1, 0.15) is 24.4 Å². The molecule has 4 aromatic carbocycles. The van der Waals surface area contributed by atoms with Gasteiger partial charge < -0.3 is 35.1 Å². The van der Waals surface area contributed by atoms with Crippen LogP contribution >= 0.6 is 0 Å². The third-order valence-electron chi connectivity index (χ3n) is 7.72. The topological polar surface area (TPSA) is 112 Å². The minimum absolute atomic E-state index is 0.116. The van der Waals surface area contributed by atoms with E-state index in [9.17, 15) is 9.90 Å². The highest BCUT2D eigenvalue weighted by Gasteiger charge is 2.47. The second kappa shape index (κ2) is 15.2. The second-order valence-corrected chi connectivity index (χ2v) is 10.8. The molecule has 1 aliphatic rings. The molecule has 1 amide bonds. The number of aliphatic hydroxyl groups excluding tert-OH is 1. The SMILES string of the molecule is CO[C@H]1[C@H](O)[C@@H](COCc2ccc(-c3ccccc3)cc2)OC(OCc2ccc3ccccc3c2)[C@@H]1NC(=O)CCCN. The van der Waals surface area contributed by atoms with Crippen LogP contribution in [0.3, 0.4) is 0 Å². The third kappa shape index (κ3) is 8.06. The third-order valence-corrected chi connectivity index (χ3v) is 7.72. The molecule has 1 unspecified atom stereocenters. The lowest BCUT2D eigenvalue weighted by molar-refractivity contribution is -0.279. The van der Waals surface area contributed by atoms with E-state index in [2.05, 4.69) is 47.8 Å². The molecule has 0 bridgehead atoms. The smallest absolute Gasteiger partial charge is 0.220 e. The van der Waals surface area contributed by atoms with Gasteiger partial charge in [-0.2, -0.15) is 0 Å². The van der Waals surface area contributed by atoms with Crippen LogP contribution in [0.15, 0.2) is 97.1 Å². The van der Waals surface area contributed by atoms with E-state index in [0.29, 0.717) is 19.6 Å². The molecule has 0 radical (unpaired) electrons. The molecule has 5 atom stereocenters. The molecule has 4 aromatic rings. The number of amides is 1. The number of carbonyl (C=O) groups excluding carboxylic acids is 1. The zero-order valence-corrected chi connectivity index (χ0v) is 24.4. The fourth-order valence-corrected chi connectivity index (χ4v) is 5.38. The van der Waals surface area contributed by atoms with Gasteiger partial charge in [0.2, 0.25) is 5.91 Å². The largest absolute Gasteiger partial charge is 0.388 e. The van der Waals surface area contributed by atoms with E-state index in [0.717, 1.165) is 33.0 Å². The number of aliphatic hydroxyl groups is 1. The number of fused-ring (bicyclic) bond motifs is 1. The number of hydrogen-bond acceptors (Lipinski definition) is 7. The van der Waals surface area contributed by atoms with Crippen molar-refractivity contribution in [2.45, 2.75) is 56.7 Å². The summed E-state index contributed by atoms with van der Waals surface area (Å²) in [6.45, 7) is 1.12. The summed E-state index contributed by atoms with van der Waals surface area (Å²) in [5.41, 5.74) is 9.84. The van der Waals surface area contributed by atoms with Crippen molar-refractivity contribution in [1.29, 1.82) is 0 Å². The normalized spacial score (nSPS) is 22.0. The van der Waals surface area contributed by atoms with Gasteiger partial charge in [-0.05, 0) is 52.1 Å². The van der Waals surface area contributed by atoms with Gasteiger partial charge >= 0.3 is 0 Å². The fourth-order valence-electron chi connectivity index (χ4n) is 5.38. The molecule has 226 valence electrons. The predicted octanol–water partition coefficient (Wildman–Crippen LogP) is 4.56. The molecular weight excluding hydrogens is 544 g/mol. The lowest BCUT2D eigenvalue weighted by Gasteiger charge is -2.44. The standard InChI is InChI=1S/C35H40N2O6/c1-40-34-32(37-31(38)12-7-19-36)35(42-22-25-15-18-27-10-5-6-11-29(27)20-25)43-30(33(34)39)23-41-21-24-13-16-28(17-14-24)26-8-3-2-4-9-26/h2-6,8-11,13-18,20,30,32-35,39H,7,12,19,21-23,36H2,1H3,(H,37,38)/t30-,32-,33-,34-,35?/m1/s1. The molecule has 1 fully saturated rings. The van der Waals surface area contributed by atoms with Gasteiger partial charge in [0.15, 0.2) is 6.29 Å². The van der Waals surface area contributed by atoms with Crippen LogP contribution in [-0.4, -0.2) is 61.9 Å². The summed E-state index contributed by atoms with van der Waals surface area (Å²) in [6.07, 6.45) is -2.62. The minimum atomic E-state index is -1.05. The highest BCUT2D eigenvalue weighted by atomic mass is 16.7. The van der Waals surface area contributed by atoms with Gasteiger partial charge in [0.05, 0.1) is 19.8 Å². The van der Waals surface area contributed by atoms with E-state index in [1.165, 1.54) is 7.11 Å². The number of nitrogens with two attached hydrogens (primary N) is 1. The van der Waals surface area contributed by atoms with Crippen LogP contribution in [-0.2, 0) is 37.0 Å². The Morgan fingerprint density at radius 3 is 2.33 bits per heavy atom. The maximum absolute atomic E-state index is 12.7. The van der Waals surface area contributed by atoms with E-state index in [1.54, 1.807) is 0 Å². The van der Waals surface area contributed by atoms with Crippen molar-refractivity contribution in [3.8, 4) is 11.1 Å². The summed E-state index contributed by atoms with van der Waals surface area (Å²) < 4.78 is 24.2. The minimum Gasteiger partial charge on any atom is -0.388 e. The molecule has 8 nitrogen and oxygen atoms in total. The van der Waals surface area contributed by atoms with Crippen molar-refractivity contribution in [2.75, 3.05) is 20.3 Å². The monoisotopic (exact) mass is 584 g/mol. The average Bonchev–Trinajstić information content (AvgIpc) is 3.05. The van der Waals surface area contributed by atoms with Crippen molar-refractivity contribution in [2.24, 2.45) is 5.73 Å². The number of ether oxygens (including phenoxy) is 4. The summed E-state index contributed by atoms with van der Waals surface area (Å²) in [6, 6.07) is 31.9. The van der Waals surface area contributed by atoms with Crippen molar-refractivity contribution in [1.82, 2.24) is 5.32 Å². The molecule has 0 saturated carbocycles. The van der Waals surface area contributed by atoms with E-state index in [-0.39, 0.29) is 25.5 Å². The Hall–Kier alpha value is -3.63. The number of methoxy groups -OCH3 is 1. The van der Waals surface area contributed by atoms with Crippen molar-refractivity contribution in [3.63, 3.8) is 0 Å². The van der Waals surface area contributed by atoms with Crippen LogP contribution in [0.25, 0.3) is 21.9 Å². The van der Waals surface area contributed by atoms with Crippen molar-refractivity contribution >= 4 is 16.7 Å². The number of hydrogen-bond donors (Lipinski definition) is 3. The Labute approximate surface area is 252 Å². The summed E-state index contributed by atoms with van der Waals surface area (Å²) in [4.78, 5) is 12.7. The van der Waals surface area contributed by atoms with Gasteiger partial charge in [-0.3, -0.25) is 4.79 Å². The van der Waals surface area contributed by atoms with Gasteiger partial charge in [-0.25, -0.2) is 0 Å². The highest BCUT2D eigenvalue weighted by Crippen LogP contribution is 2.27. The summed E-state index contributed by atoms with van der Waals surface area (Å²) in [5.74, 6) is -0.207. The molecular formula is C35H40N2O6. The van der Waals surface area contributed by atoms with Gasteiger partial charge in [-0.15, -0.1) is 0 Å². The molecule has 1 heterocycles. The van der Waals surface area contributed by atoms with Crippen LogP contribution in [0.2, 0.25) is 0 Å². The van der Waals surface area contributed by atoms with Crippen LogP contribution in [0.1, 0.15) is 24.0 Å². The maximum atomic E-state index is 12.7. The lowest BCUT2D eigenvalue weighted by atomic mass is 9.96. The summed E-state index contributed by atoms with van der Waals surface area (Å²) in [7, 11) is 1.50. The Balaban J connectivity index is 1.25. The lowest BCUT2D eigenvalue weighted by Crippen LogP contribution is -2.65. The molecule has 4 N–H and O–H groups in total. The van der Waals surface area contributed by atoms with E-state index in [1.807, 2.05) is 54.6 Å². The molecule has 0 aromatic heterocycles. The Morgan fingerprint density at radius 2 is 1.58 bits per heavy atom. The second-order valence-electron chi connectivity index (χ2n) is 10.8. The van der Waals surface area contributed by atoms with Crippen molar-refractivity contribution < 1.29 is 28.8 Å². The van der Waals surface area contributed by atoms with E-state index >= 15 is 0 Å². The first kappa shape index (κ1) is 30.8. The Bertz CT molecular complexity index is 1450. The predicted molar refractivity (Wildman–Crippen MR) is 166 cm³/mol. The van der Waals surface area contributed by atoms with Gasteiger partial charge in [0, 0.05) is 13.5 Å². The molecule has 1 saturated heterocycles. The zero-order valence-electron chi connectivity index (χ0n) is 24.4. The number of nitrogens with one attached hydrogen (secondary N) is 1. The van der Waals surface area contributed by atoms with Crippen LogP contribution in [0, 0.1) is 0 Å². The molecule has 1 aliphatic heterocycles. The Morgan fingerprint density at radius 1 is 0.884 bits per heavy atom. The maximum Gasteiger partial charge on any atom is 0.220 e. The Kier molecular flexibility index (Phi) is 10.9.